The summed E-state index contributed by atoms with van der Waals surface area (Å²) in [5.41, 5.74) is 0.525. The molecule has 0 saturated carbocycles. The molecule has 7 nitrogen and oxygen atoms in total. The highest BCUT2D eigenvalue weighted by Gasteiger charge is 2.08. The number of benzene rings is 1. The lowest BCUT2D eigenvalue weighted by Gasteiger charge is -2.11. The topological polar surface area (TPSA) is 89.5 Å². The van der Waals surface area contributed by atoms with E-state index in [0.29, 0.717) is 36.8 Å². The summed E-state index contributed by atoms with van der Waals surface area (Å²) in [6.07, 6.45) is 3.10. The van der Waals surface area contributed by atoms with E-state index in [9.17, 15) is 9.59 Å². The van der Waals surface area contributed by atoms with Crippen molar-refractivity contribution >= 4 is 11.8 Å². The molecule has 0 spiro atoms. The molecular formula is C18H21N3O4. The first-order valence-corrected chi connectivity index (χ1v) is 8.00. The number of hydrogen-bond donors (Lipinski definition) is 2. The van der Waals surface area contributed by atoms with Gasteiger partial charge in [0, 0.05) is 31.0 Å². The molecule has 0 saturated heterocycles. The van der Waals surface area contributed by atoms with E-state index < -0.39 is 0 Å². The smallest absolute Gasteiger partial charge is 0.258 e. The van der Waals surface area contributed by atoms with E-state index >= 15 is 0 Å². The number of pyridine rings is 1. The van der Waals surface area contributed by atoms with Gasteiger partial charge in [-0.2, -0.15) is 0 Å². The summed E-state index contributed by atoms with van der Waals surface area (Å²) >= 11 is 0. The Morgan fingerprint density at radius 2 is 1.60 bits per heavy atom. The number of aromatic nitrogens is 1. The van der Waals surface area contributed by atoms with Gasteiger partial charge in [-0.1, -0.05) is 12.1 Å². The van der Waals surface area contributed by atoms with Gasteiger partial charge < -0.3 is 20.1 Å². The number of hydrogen-bond acceptors (Lipinski definition) is 5. The molecule has 0 radical (unpaired) electrons. The Balaban J connectivity index is 1.67. The molecule has 25 heavy (non-hydrogen) atoms. The second kappa shape index (κ2) is 9.92. The third kappa shape index (κ3) is 6.14. The third-order valence-electron chi connectivity index (χ3n) is 3.18. The summed E-state index contributed by atoms with van der Waals surface area (Å²) in [5, 5.41) is 5.39. The highest BCUT2D eigenvalue weighted by Crippen LogP contribution is 2.26. The van der Waals surface area contributed by atoms with Gasteiger partial charge >= 0.3 is 0 Å². The lowest BCUT2D eigenvalue weighted by molar-refractivity contribution is -0.123. The molecule has 0 bridgehead atoms. The zero-order chi connectivity index (χ0) is 17.9. The first-order valence-electron chi connectivity index (χ1n) is 8.00. The van der Waals surface area contributed by atoms with E-state index in [0.717, 1.165) is 0 Å². The van der Waals surface area contributed by atoms with Crippen molar-refractivity contribution in [2.45, 2.75) is 6.92 Å². The second-order valence-electron chi connectivity index (χ2n) is 5.01. The van der Waals surface area contributed by atoms with Gasteiger partial charge in [-0.05, 0) is 31.2 Å². The summed E-state index contributed by atoms with van der Waals surface area (Å²) in [6.45, 7) is 2.91. The molecule has 0 aliphatic carbocycles. The monoisotopic (exact) mass is 343 g/mol. The number of nitrogens with zero attached hydrogens (tertiary/aromatic N) is 1. The van der Waals surface area contributed by atoms with Crippen LogP contribution < -0.4 is 20.1 Å². The van der Waals surface area contributed by atoms with Crippen LogP contribution in [0.3, 0.4) is 0 Å². The quantitative estimate of drug-likeness (QED) is 0.672. The number of para-hydroxylation sites is 2. The minimum absolute atomic E-state index is 0.123. The highest BCUT2D eigenvalue weighted by molar-refractivity contribution is 5.93. The first-order chi connectivity index (χ1) is 12.2. The standard InChI is InChI=1S/C18H21N3O4/c1-2-24-15-5-3-4-6-16(15)25-13-17(22)20-11-12-21-18(23)14-7-9-19-10-8-14/h3-10H,2,11-13H2,1H3,(H,20,22)(H,21,23). The molecule has 0 aliphatic rings. The zero-order valence-electron chi connectivity index (χ0n) is 14.0. The molecule has 2 amide bonds. The van der Waals surface area contributed by atoms with Crippen LogP contribution >= 0.6 is 0 Å². The lowest BCUT2D eigenvalue weighted by Crippen LogP contribution is -2.36. The number of carbonyl (C=O) groups excluding carboxylic acids is 2. The van der Waals surface area contributed by atoms with E-state index in [1.807, 2.05) is 19.1 Å². The molecule has 1 heterocycles. The van der Waals surface area contributed by atoms with Crippen LogP contribution in [-0.2, 0) is 4.79 Å². The van der Waals surface area contributed by atoms with Crippen LogP contribution in [0, 0.1) is 0 Å². The zero-order valence-corrected chi connectivity index (χ0v) is 14.0. The minimum Gasteiger partial charge on any atom is -0.490 e. The largest absolute Gasteiger partial charge is 0.490 e. The van der Waals surface area contributed by atoms with Crippen molar-refractivity contribution in [2.75, 3.05) is 26.3 Å². The number of rotatable bonds is 9. The average Bonchev–Trinajstić information content (AvgIpc) is 2.65. The predicted octanol–water partition coefficient (Wildman–Crippen LogP) is 1.41. The van der Waals surface area contributed by atoms with Gasteiger partial charge in [0.1, 0.15) is 0 Å². The predicted molar refractivity (Wildman–Crippen MR) is 92.7 cm³/mol. The van der Waals surface area contributed by atoms with Crippen molar-refractivity contribution < 1.29 is 19.1 Å². The molecule has 7 heteroatoms. The SMILES string of the molecule is CCOc1ccccc1OCC(=O)NCCNC(=O)c1ccncc1. The van der Waals surface area contributed by atoms with Crippen LogP contribution in [0.1, 0.15) is 17.3 Å². The highest BCUT2D eigenvalue weighted by atomic mass is 16.5. The molecule has 1 aromatic heterocycles. The lowest BCUT2D eigenvalue weighted by atomic mass is 10.2. The maximum absolute atomic E-state index is 11.8. The fourth-order valence-electron chi connectivity index (χ4n) is 2.02. The van der Waals surface area contributed by atoms with Gasteiger partial charge in [0.05, 0.1) is 6.61 Å². The van der Waals surface area contributed by atoms with Crippen LogP contribution in [0.25, 0.3) is 0 Å². The van der Waals surface area contributed by atoms with Gasteiger partial charge in [0.15, 0.2) is 18.1 Å². The van der Waals surface area contributed by atoms with Crippen molar-refractivity contribution in [1.82, 2.24) is 15.6 Å². The van der Waals surface area contributed by atoms with Gasteiger partial charge in [-0.15, -0.1) is 0 Å². The van der Waals surface area contributed by atoms with Gasteiger partial charge in [0.2, 0.25) is 0 Å². The number of nitrogens with one attached hydrogen (secondary N) is 2. The summed E-state index contributed by atoms with van der Waals surface area (Å²) < 4.78 is 10.9. The van der Waals surface area contributed by atoms with E-state index in [4.69, 9.17) is 9.47 Å². The van der Waals surface area contributed by atoms with E-state index in [1.54, 1.807) is 36.7 Å². The normalized spacial score (nSPS) is 9.96. The van der Waals surface area contributed by atoms with Gasteiger partial charge in [-0.3, -0.25) is 14.6 Å². The summed E-state index contributed by atoms with van der Waals surface area (Å²) in [6, 6.07) is 10.4. The number of carbonyl (C=O) groups is 2. The Morgan fingerprint density at radius 3 is 2.28 bits per heavy atom. The van der Waals surface area contributed by atoms with Crippen molar-refractivity contribution in [2.24, 2.45) is 0 Å². The molecule has 0 fully saturated rings. The fourth-order valence-corrected chi connectivity index (χ4v) is 2.02. The van der Waals surface area contributed by atoms with E-state index in [1.165, 1.54) is 0 Å². The van der Waals surface area contributed by atoms with Crippen molar-refractivity contribution in [3.63, 3.8) is 0 Å². The molecule has 0 unspecified atom stereocenters. The Bertz CT molecular complexity index is 692. The molecule has 2 aromatic rings. The van der Waals surface area contributed by atoms with E-state index in [-0.39, 0.29) is 18.4 Å². The summed E-state index contributed by atoms with van der Waals surface area (Å²) in [7, 11) is 0. The Hall–Kier alpha value is -3.09. The van der Waals surface area contributed by atoms with Crippen molar-refractivity contribution in [3.05, 3.63) is 54.4 Å². The molecular weight excluding hydrogens is 322 g/mol. The Labute approximate surface area is 146 Å². The minimum atomic E-state index is -0.274. The van der Waals surface area contributed by atoms with Gasteiger partial charge in [-0.25, -0.2) is 0 Å². The van der Waals surface area contributed by atoms with Crippen LogP contribution in [-0.4, -0.2) is 43.1 Å². The fraction of sp³-hybridized carbons (Fsp3) is 0.278. The number of ether oxygens (including phenoxy) is 2. The van der Waals surface area contributed by atoms with Crippen molar-refractivity contribution in [3.8, 4) is 11.5 Å². The van der Waals surface area contributed by atoms with Crippen molar-refractivity contribution in [1.29, 1.82) is 0 Å². The van der Waals surface area contributed by atoms with Crippen LogP contribution in [0.15, 0.2) is 48.8 Å². The number of amides is 2. The molecule has 1 aromatic carbocycles. The third-order valence-corrected chi connectivity index (χ3v) is 3.18. The summed E-state index contributed by atoms with van der Waals surface area (Å²) in [4.78, 5) is 27.5. The molecule has 0 atom stereocenters. The molecule has 2 rings (SSSR count). The Kier molecular flexibility index (Phi) is 7.24. The first kappa shape index (κ1) is 18.3. The summed E-state index contributed by atoms with van der Waals surface area (Å²) in [5.74, 6) is 0.635. The van der Waals surface area contributed by atoms with Crippen LogP contribution in [0.5, 0.6) is 11.5 Å². The van der Waals surface area contributed by atoms with E-state index in [2.05, 4.69) is 15.6 Å². The van der Waals surface area contributed by atoms with Gasteiger partial charge in [0.25, 0.3) is 11.8 Å². The average molecular weight is 343 g/mol. The molecule has 0 aliphatic heterocycles. The van der Waals surface area contributed by atoms with Crippen LogP contribution in [0.4, 0.5) is 0 Å². The maximum Gasteiger partial charge on any atom is 0.258 e. The molecule has 132 valence electrons. The second-order valence-corrected chi connectivity index (χ2v) is 5.01. The van der Waals surface area contributed by atoms with Crippen LogP contribution in [0.2, 0.25) is 0 Å². The maximum atomic E-state index is 11.8. The Morgan fingerprint density at radius 1 is 0.960 bits per heavy atom. The molecule has 2 N–H and O–H groups in total.